The van der Waals surface area contributed by atoms with E-state index in [4.69, 9.17) is 9.63 Å². The zero-order chi connectivity index (χ0) is 15.2. The minimum absolute atomic E-state index is 0.227. The number of hydrogen-bond donors (Lipinski definition) is 2. The van der Waals surface area contributed by atoms with Gasteiger partial charge in [-0.25, -0.2) is 0 Å². The van der Waals surface area contributed by atoms with E-state index in [2.05, 4.69) is 34.7 Å². The quantitative estimate of drug-likeness (QED) is 0.824. The van der Waals surface area contributed by atoms with Crippen molar-refractivity contribution in [1.29, 1.82) is 0 Å². The van der Waals surface area contributed by atoms with Gasteiger partial charge in [0.05, 0.1) is 0 Å². The van der Waals surface area contributed by atoms with Gasteiger partial charge in [-0.3, -0.25) is 0 Å². The highest BCUT2D eigenvalue weighted by atomic mass is 16.5. The molecule has 4 heteroatoms. The highest BCUT2D eigenvalue weighted by Gasteiger charge is 2.20. The molecule has 3 rings (SSSR count). The Bertz CT molecular complexity index is 580. The van der Waals surface area contributed by atoms with Gasteiger partial charge in [-0.2, -0.15) is 0 Å². The van der Waals surface area contributed by atoms with Gasteiger partial charge in [-0.15, -0.1) is 0 Å². The summed E-state index contributed by atoms with van der Waals surface area (Å²) in [5.41, 5.74) is 3.63. The van der Waals surface area contributed by atoms with Gasteiger partial charge in [0.15, 0.2) is 0 Å². The Morgan fingerprint density at radius 2 is 2.00 bits per heavy atom. The Balaban J connectivity index is 1.67. The Labute approximate surface area is 131 Å². The minimum Gasteiger partial charge on any atom is -0.396 e. The zero-order valence-electron chi connectivity index (χ0n) is 12.9. The lowest BCUT2D eigenvalue weighted by Gasteiger charge is -2.19. The van der Waals surface area contributed by atoms with Crippen molar-refractivity contribution in [3.8, 4) is 0 Å². The van der Waals surface area contributed by atoms with Crippen molar-refractivity contribution in [2.24, 2.45) is 0 Å². The first-order valence-electron chi connectivity index (χ1n) is 8.24. The average Bonchev–Trinajstić information content (AvgIpc) is 2.99. The van der Waals surface area contributed by atoms with E-state index >= 15 is 0 Å². The molecule has 0 spiro atoms. The lowest BCUT2D eigenvalue weighted by Crippen LogP contribution is -2.22. The highest BCUT2D eigenvalue weighted by Crippen LogP contribution is 2.25. The van der Waals surface area contributed by atoms with Crippen LogP contribution in [0.5, 0.6) is 0 Å². The van der Waals surface area contributed by atoms with Crippen LogP contribution in [0, 0.1) is 0 Å². The van der Waals surface area contributed by atoms with E-state index in [-0.39, 0.29) is 12.6 Å². The maximum atomic E-state index is 9.12. The summed E-state index contributed by atoms with van der Waals surface area (Å²) in [7, 11) is 0. The fraction of sp³-hybridized carbons (Fsp3) is 0.500. The summed E-state index contributed by atoms with van der Waals surface area (Å²) in [6.45, 7) is 0.953. The molecule has 2 aromatic rings. The molecule has 1 heterocycles. The van der Waals surface area contributed by atoms with Crippen LogP contribution >= 0.6 is 0 Å². The lowest BCUT2D eigenvalue weighted by molar-refractivity contribution is 0.274. The number of benzene rings is 1. The van der Waals surface area contributed by atoms with Crippen molar-refractivity contribution in [3.63, 3.8) is 0 Å². The molecule has 0 radical (unpaired) electrons. The fourth-order valence-electron chi connectivity index (χ4n) is 3.18. The van der Waals surface area contributed by atoms with Gasteiger partial charge in [0, 0.05) is 31.2 Å². The summed E-state index contributed by atoms with van der Waals surface area (Å²) in [6, 6.07) is 10.6. The first kappa shape index (κ1) is 15.3. The molecule has 1 aromatic carbocycles. The number of aliphatic hydroxyl groups excluding tert-OH is 1. The molecule has 1 atom stereocenters. The molecule has 0 fully saturated rings. The van der Waals surface area contributed by atoms with Crippen LogP contribution in [-0.2, 0) is 19.4 Å². The van der Waals surface area contributed by atoms with Crippen molar-refractivity contribution in [2.75, 3.05) is 6.61 Å². The minimum atomic E-state index is 0.227. The molecular weight excluding hydrogens is 276 g/mol. The summed E-state index contributed by atoms with van der Waals surface area (Å²) in [5, 5.41) is 17.0. The highest BCUT2D eigenvalue weighted by molar-refractivity contribution is 5.26. The largest absolute Gasteiger partial charge is 0.396 e. The number of rotatable bonds is 7. The lowest BCUT2D eigenvalue weighted by atomic mass is 9.96. The molecule has 0 aliphatic heterocycles. The molecule has 1 aliphatic rings. The number of aliphatic hydroxyl groups is 1. The van der Waals surface area contributed by atoms with Crippen LogP contribution in [0.2, 0.25) is 0 Å². The van der Waals surface area contributed by atoms with Gasteiger partial charge in [0.25, 0.3) is 0 Å². The second-order valence-electron chi connectivity index (χ2n) is 5.95. The van der Waals surface area contributed by atoms with E-state index in [0.29, 0.717) is 0 Å². The number of aromatic nitrogens is 1. The molecule has 22 heavy (non-hydrogen) atoms. The molecule has 1 aliphatic carbocycles. The van der Waals surface area contributed by atoms with Gasteiger partial charge < -0.3 is 14.9 Å². The van der Waals surface area contributed by atoms with Gasteiger partial charge in [0.2, 0.25) is 0 Å². The third-order valence-corrected chi connectivity index (χ3v) is 4.40. The number of fused-ring (bicyclic) bond motifs is 1. The number of hydrogen-bond acceptors (Lipinski definition) is 4. The molecule has 1 unspecified atom stereocenters. The van der Waals surface area contributed by atoms with Crippen molar-refractivity contribution >= 4 is 0 Å². The van der Waals surface area contributed by atoms with Crippen LogP contribution in [0.1, 0.15) is 54.3 Å². The Morgan fingerprint density at radius 3 is 2.82 bits per heavy atom. The van der Waals surface area contributed by atoms with Crippen molar-refractivity contribution in [1.82, 2.24) is 10.5 Å². The summed E-state index contributed by atoms with van der Waals surface area (Å²) < 4.78 is 5.48. The SMILES string of the molecule is OCCCC(NCc1noc2c1CCCC2)c1ccccc1. The first-order valence-corrected chi connectivity index (χ1v) is 8.24. The van der Waals surface area contributed by atoms with E-state index in [1.54, 1.807) is 0 Å². The smallest absolute Gasteiger partial charge is 0.140 e. The zero-order valence-corrected chi connectivity index (χ0v) is 12.9. The van der Waals surface area contributed by atoms with Crippen molar-refractivity contribution in [3.05, 3.63) is 52.9 Å². The Hall–Kier alpha value is -1.65. The van der Waals surface area contributed by atoms with Crippen LogP contribution in [-0.4, -0.2) is 16.9 Å². The molecule has 0 bridgehead atoms. The molecule has 2 N–H and O–H groups in total. The Morgan fingerprint density at radius 1 is 1.18 bits per heavy atom. The summed E-state index contributed by atoms with van der Waals surface area (Å²) in [6.07, 6.45) is 6.26. The van der Waals surface area contributed by atoms with E-state index < -0.39 is 0 Å². The number of nitrogens with one attached hydrogen (secondary N) is 1. The predicted octanol–water partition coefficient (Wildman–Crippen LogP) is 3.16. The normalized spacial score (nSPS) is 15.5. The number of nitrogens with zero attached hydrogens (tertiary/aromatic N) is 1. The molecule has 0 amide bonds. The monoisotopic (exact) mass is 300 g/mol. The second kappa shape index (κ2) is 7.56. The second-order valence-corrected chi connectivity index (χ2v) is 5.95. The van der Waals surface area contributed by atoms with Crippen LogP contribution in [0.4, 0.5) is 0 Å². The van der Waals surface area contributed by atoms with E-state index in [0.717, 1.165) is 43.7 Å². The maximum absolute atomic E-state index is 9.12. The molecule has 118 valence electrons. The standard InChI is InChI=1S/C18H24N2O2/c21-12-6-10-16(14-7-2-1-3-8-14)19-13-17-15-9-4-5-11-18(15)22-20-17/h1-3,7-8,16,19,21H,4-6,9-13H2. The average molecular weight is 300 g/mol. The van der Waals surface area contributed by atoms with E-state index in [9.17, 15) is 0 Å². The molecule has 0 saturated carbocycles. The molecule has 1 aromatic heterocycles. The van der Waals surface area contributed by atoms with Gasteiger partial charge >= 0.3 is 0 Å². The van der Waals surface area contributed by atoms with Crippen molar-refractivity contribution in [2.45, 2.75) is 51.1 Å². The predicted molar refractivity (Wildman–Crippen MR) is 85.5 cm³/mol. The van der Waals surface area contributed by atoms with Gasteiger partial charge in [-0.1, -0.05) is 35.5 Å². The van der Waals surface area contributed by atoms with Crippen molar-refractivity contribution < 1.29 is 9.63 Å². The summed E-state index contributed by atoms with van der Waals surface area (Å²) in [5.74, 6) is 1.08. The van der Waals surface area contributed by atoms with Gasteiger partial charge in [-0.05, 0) is 37.7 Å². The van der Waals surface area contributed by atoms with Crippen LogP contribution < -0.4 is 5.32 Å². The van der Waals surface area contributed by atoms with Crippen LogP contribution in [0.15, 0.2) is 34.9 Å². The third-order valence-electron chi connectivity index (χ3n) is 4.40. The summed E-state index contributed by atoms with van der Waals surface area (Å²) >= 11 is 0. The maximum Gasteiger partial charge on any atom is 0.140 e. The topological polar surface area (TPSA) is 58.3 Å². The summed E-state index contributed by atoms with van der Waals surface area (Å²) in [4.78, 5) is 0. The van der Waals surface area contributed by atoms with Crippen LogP contribution in [0.3, 0.4) is 0 Å². The Kier molecular flexibility index (Phi) is 5.24. The fourth-order valence-corrected chi connectivity index (χ4v) is 3.18. The van der Waals surface area contributed by atoms with E-state index in [1.165, 1.54) is 24.0 Å². The molecule has 4 nitrogen and oxygen atoms in total. The molecule has 0 saturated heterocycles. The first-order chi connectivity index (χ1) is 10.9. The van der Waals surface area contributed by atoms with Crippen LogP contribution in [0.25, 0.3) is 0 Å². The third kappa shape index (κ3) is 3.57. The molecular formula is C18H24N2O2. The van der Waals surface area contributed by atoms with E-state index in [1.807, 2.05) is 6.07 Å². The van der Waals surface area contributed by atoms with Gasteiger partial charge in [0.1, 0.15) is 11.5 Å². The number of aryl methyl sites for hydroxylation is 1.